The van der Waals surface area contributed by atoms with Crippen molar-refractivity contribution >= 4 is 11.7 Å². The van der Waals surface area contributed by atoms with E-state index in [0.717, 1.165) is 22.9 Å². The molecule has 0 fully saturated rings. The van der Waals surface area contributed by atoms with Crippen LogP contribution in [0.15, 0.2) is 6.20 Å². The number of rotatable bonds is 3. The molecule has 6 heteroatoms. The third-order valence-corrected chi connectivity index (χ3v) is 2.71. The summed E-state index contributed by atoms with van der Waals surface area (Å²) in [5.74, 6) is -0.272. The Morgan fingerprint density at radius 3 is 2.94 bits per heavy atom. The number of carbonyl (C=O) groups is 1. The molecule has 4 N–H and O–H groups in total. The highest BCUT2D eigenvalue weighted by Gasteiger charge is 2.17. The molecule has 1 unspecified atom stereocenters. The van der Waals surface area contributed by atoms with Gasteiger partial charge in [-0.25, -0.2) is 4.98 Å². The number of hydrogen-bond acceptors (Lipinski definition) is 3. The predicted octanol–water partition coefficient (Wildman–Crippen LogP) is 0.234. The van der Waals surface area contributed by atoms with Gasteiger partial charge in [0, 0.05) is 23.5 Å². The fourth-order valence-electron chi connectivity index (χ4n) is 1.81. The molecular weight excluding hydrogens is 208 g/mol. The Morgan fingerprint density at radius 2 is 2.38 bits per heavy atom. The molecule has 16 heavy (non-hydrogen) atoms. The van der Waals surface area contributed by atoms with Crippen molar-refractivity contribution in [2.24, 2.45) is 5.73 Å². The van der Waals surface area contributed by atoms with Crippen LogP contribution in [0.4, 0.5) is 0 Å². The third kappa shape index (κ3) is 1.57. The number of nitrogens with zero attached hydrogens (tertiary/aromatic N) is 2. The van der Waals surface area contributed by atoms with Crippen LogP contribution in [0.25, 0.3) is 5.78 Å². The van der Waals surface area contributed by atoms with Crippen LogP contribution < -0.4 is 5.73 Å². The number of aryl methyl sites for hydroxylation is 2. The van der Waals surface area contributed by atoms with Gasteiger partial charge in [-0.15, -0.1) is 0 Å². The first-order valence-corrected chi connectivity index (χ1v) is 5.00. The predicted molar refractivity (Wildman–Crippen MR) is 58.3 cm³/mol. The molecule has 2 rings (SSSR count). The Morgan fingerprint density at radius 1 is 1.69 bits per heavy atom. The van der Waals surface area contributed by atoms with E-state index >= 15 is 0 Å². The first-order valence-electron chi connectivity index (χ1n) is 5.00. The second-order valence-electron chi connectivity index (χ2n) is 3.90. The van der Waals surface area contributed by atoms with Gasteiger partial charge in [0.25, 0.3) is 0 Å². The molecule has 0 bridgehead atoms. The minimum atomic E-state index is -0.997. The Bertz CT molecular complexity index is 540. The molecule has 0 saturated carbocycles. The summed E-state index contributed by atoms with van der Waals surface area (Å²) in [4.78, 5) is 17.9. The Labute approximate surface area is 92.1 Å². The van der Waals surface area contributed by atoms with Crippen molar-refractivity contribution in [2.45, 2.75) is 26.3 Å². The lowest BCUT2D eigenvalue weighted by atomic mass is 10.1. The smallest absolute Gasteiger partial charge is 0.320 e. The average molecular weight is 222 g/mol. The molecule has 0 aliphatic heterocycles. The first kappa shape index (κ1) is 10.7. The van der Waals surface area contributed by atoms with Crippen LogP contribution in [-0.4, -0.2) is 31.5 Å². The molecular formula is C10H14N4O2. The molecule has 0 amide bonds. The standard InChI is InChI=1S/C10H14N4O2/c1-5-4-12-10-13-8(6(2)14(5)10)3-7(11)9(15)16/h4,7H,3,11H2,1-2H3,(H,12,13)(H,15,16). The summed E-state index contributed by atoms with van der Waals surface area (Å²) in [7, 11) is 0. The van der Waals surface area contributed by atoms with Crippen molar-refractivity contribution in [1.29, 1.82) is 0 Å². The van der Waals surface area contributed by atoms with E-state index in [4.69, 9.17) is 10.8 Å². The summed E-state index contributed by atoms with van der Waals surface area (Å²) in [6, 6.07) is -0.887. The normalized spacial score (nSPS) is 13.2. The lowest BCUT2D eigenvalue weighted by molar-refractivity contribution is -0.138. The number of fused-ring (bicyclic) bond motifs is 1. The molecule has 2 aromatic heterocycles. The second-order valence-corrected chi connectivity index (χ2v) is 3.90. The third-order valence-electron chi connectivity index (χ3n) is 2.71. The maximum atomic E-state index is 10.7. The molecule has 0 spiro atoms. The zero-order chi connectivity index (χ0) is 11.9. The van der Waals surface area contributed by atoms with Crippen molar-refractivity contribution in [3.8, 4) is 0 Å². The van der Waals surface area contributed by atoms with Gasteiger partial charge in [-0.05, 0) is 13.8 Å². The molecule has 0 saturated heterocycles. The number of hydrogen-bond donors (Lipinski definition) is 3. The number of H-pyrrole nitrogens is 1. The van der Waals surface area contributed by atoms with Crippen LogP contribution in [0.5, 0.6) is 0 Å². The van der Waals surface area contributed by atoms with Crippen molar-refractivity contribution in [1.82, 2.24) is 14.4 Å². The van der Waals surface area contributed by atoms with E-state index in [1.54, 1.807) is 6.20 Å². The van der Waals surface area contributed by atoms with Crippen LogP contribution in [0.1, 0.15) is 17.1 Å². The van der Waals surface area contributed by atoms with Gasteiger partial charge in [0.1, 0.15) is 6.04 Å². The van der Waals surface area contributed by atoms with Gasteiger partial charge in [0.05, 0.1) is 6.20 Å². The number of aliphatic carboxylic acids is 1. The fourth-order valence-corrected chi connectivity index (χ4v) is 1.81. The maximum Gasteiger partial charge on any atom is 0.320 e. The van der Waals surface area contributed by atoms with Crippen LogP contribution in [0.3, 0.4) is 0 Å². The van der Waals surface area contributed by atoms with Crippen LogP contribution in [0, 0.1) is 13.8 Å². The number of nitrogens with two attached hydrogens (primary N) is 1. The first-order chi connectivity index (χ1) is 7.50. The Hall–Kier alpha value is -1.82. The van der Waals surface area contributed by atoms with Crippen LogP contribution >= 0.6 is 0 Å². The molecule has 0 aliphatic carbocycles. The zero-order valence-corrected chi connectivity index (χ0v) is 9.19. The number of imidazole rings is 2. The molecule has 86 valence electrons. The summed E-state index contributed by atoms with van der Waals surface area (Å²) in [5.41, 5.74) is 8.29. The average Bonchev–Trinajstić information content (AvgIpc) is 2.70. The van der Waals surface area contributed by atoms with Gasteiger partial charge in [-0.1, -0.05) is 0 Å². The number of nitrogens with one attached hydrogen (secondary N) is 1. The minimum absolute atomic E-state index is 0.282. The largest absolute Gasteiger partial charge is 0.480 e. The Kier molecular flexibility index (Phi) is 2.43. The molecule has 6 nitrogen and oxygen atoms in total. The van der Waals surface area contributed by atoms with Gasteiger partial charge in [-0.2, -0.15) is 0 Å². The highest BCUT2D eigenvalue weighted by molar-refractivity contribution is 5.73. The van der Waals surface area contributed by atoms with Gasteiger partial charge in [0.2, 0.25) is 5.78 Å². The Balaban J connectivity index is 2.39. The van der Waals surface area contributed by atoms with Crippen LogP contribution in [0.2, 0.25) is 0 Å². The van der Waals surface area contributed by atoms with Crippen LogP contribution in [-0.2, 0) is 11.2 Å². The van der Waals surface area contributed by atoms with Gasteiger partial charge < -0.3 is 15.8 Å². The molecule has 2 heterocycles. The number of carboxylic acids is 1. The summed E-state index contributed by atoms with van der Waals surface area (Å²) in [6.07, 6.45) is 2.05. The number of aromatic amines is 1. The zero-order valence-electron chi connectivity index (χ0n) is 9.19. The maximum absolute atomic E-state index is 10.7. The van der Waals surface area contributed by atoms with E-state index in [1.165, 1.54) is 0 Å². The monoisotopic (exact) mass is 222 g/mol. The fraction of sp³-hybridized carbons (Fsp3) is 0.400. The van der Waals surface area contributed by atoms with E-state index < -0.39 is 12.0 Å². The quantitative estimate of drug-likeness (QED) is 0.692. The second kappa shape index (κ2) is 3.64. The van der Waals surface area contributed by atoms with E-state index in [1.807, 2.05) is 18.2 Å². The van der Waals surface area contributed by atoms with E-state index in [-0.39, 0.29) is 6.42 Å². The molecule has 2 aromatic rings. The topological polar surface area (TPSA) is 96.4 Å². The number of carboxylic acid groups (broad SMARTS) is 1. The van der Waals surface area contributed by atoms with Crippen molar-refractivity contribution < 1.29 is 9.90 Å². The highest BCUT2D eigenvalue weighted by Crippen LogP contribution is 2.14. The lowest BCUT2D eigenvalue weighted by Crippen LogP contribution is -2.32. The van der Waals surface area contributed by atoms with Crippen molar-refractivity contribution in [2.75, 3.05) is 0 Å². The summed E-state index contributed by atoms with van der Waals surface area (Å²) < 4.78 is 1.95. The minimum Gasteiger partial charge on any atom is -0.480 e. The van der Waals surface area contributed by atoms with Crippen molar-refractivity contribution in [3.05, 3.63) is 23.3 Å². The summed E-state index contributed by atoms with van der Waals surface area (Å²) >= 11 is 0. The van der Waals surface area contributed by atoms with E-state index in [9.17, 15) is 4.79 Å². The molecule has 0 aromatic carbocycles. The van der Waals surface area contributed by atoms with E-state index in [0.29, 0.717) is 0 Å². The molecule has 0 radical (unpaired) electrons. The lowest BCUT2D eigenvalue weighted by Gasteiger charge is -2.05. The molecule has 0 aliphatic rings. The summed E-state index contributed by atoms with van der Waals surface area (Å²) in [5, 5.41) is 8.75. The van der Waals surface area contributed by atoms with Gasteiger partial charge >= 0.3 is 5.97 Å². The van der Waals surface area contributed by atoms with Crippen molar-refractivity contribution in [3.63, 3.8) is 0 Å². The van der Waals surface area contributed by atoms with Gasteiger partial charge in [-0.3, -0.25) is 9.20 Å². The molecule has 1 atom stereocenters. The highest BCUT2D eigenvalue weighted by atomic mass is 16.4. The summed E-state index contributed by atoms with van der Waals surface area (Å²) in [6.45, 7) is 3.86. The number of aromatic nitrogens is 3. The van der Waals surface area contributed by atoms with E-state index in [2.05, 4.69) is 9.97 Å². The SMILES string of the molecule is Cc1cnc2[nH]c(CC(N)C(=O)O)c(C)n12. The van der Waals surface area contributed by atoms with Gasteiger partial charge in [0.15, 0.2) is 0 Å².